The number of carbonyl (C=O) groups is 1. The number of benzene rings is 1. The molecule has 0 aliphatic carbocycles. The Labute approximate surface area is 158 Å². The van der Waals surface area contributed by atoms with E-state index in [0.29, 0.717) is 17.1 Å². The summed E-state index contributed by atoms with van der Waals surface area (Å²) in [5, 5.41) is 7.93. The van der Waals surface area contributed by atoms with E-state index in [4.69, 9.17) is 4.74 Å². The van der Waals surface area contributed by atoms with E-state index >= 15 is 0 Å². The quantitative estimate of drug-likeness (QED) is 0.649. The third kappa shape index (κ3) is 4.51. The highest BCUT2D eigenvalue weighted by Crippen LogP contribution is 2.30. The van der Waals surface area contributed by atoms with E-state index in [1.54, 1.807) is 18.5 Å². The molecule has 0 amide bonds. The van der Waals surface area contributed by atoms with Crippen molar-refractivity contribution in [1.29, 1.82) is 0 Å². The molecule has 0 unspecified atom stereocenters. The number of nitrogens with one attached hydrogen (secondary N) is 1. The number of ether oxygens (including phenoxy) is 1. The zero-order valence-electron chi connectivity index (χ0n) is 15.7. The van der Waals surface area contributed by atoms with Gasteiger partial charge in [-0.15, -0.1) is 0 Å². The summed E-state index contributed by atoms with van der Waals surface area (Å²) in [6, 6.07) is 11.6. The Morgan fingerprint density at radius 3 is 2.70 bits per heavy atom. The standard InChI is InChI=1S/C20H23N5O2/c1-24(2)11-12-25-14-17(15-7-5-4-6-8-15)19(23-25)22-18-13-21-10-9-16(18)20(26)27-3/h4-10,13-14H,11-12H2,1-3H3,(H,22,23). The fourth-order valence-corrected chi connectivity index (χ4v) is 2.67. The summed E-state index contributed by atoms with van der Waals surface area (Å²) >= 11 is 0. The maximum Gasteiger partial charge on any atom is 0.340 e. The zero-order valence-corrected chi connectivity index (χ0v) is 15.7. The maximum absolute atomic E-state index is 12.0. The molecular formula is C20H23N5O2. The van der Waals surface area contributed by atoms with E-state index in [1.807, 2.05) is 55.3 Å². The fraction of sp³-hybridized carbons (Fsp3) is 0.250. The molecule has 3 aromatic rings. The first-order valence-electron chi connectivity index (χ1n) is 8.65. The lowest BCUT2D eigenvalue weighted by Gasteiger charge is -2.10. The van der Waals surface area contributed by atoms with Crippen molar-refractivity contribution in [3.63, 3.8) is 0 Å². The summed E-state index contributed by atoms with van der Waals surface area (Å²) in [5.74, 6) is 0.242. The molecule has 3 rings (SSSR count). The largest absolute Gasteiger partial charge is 0.465 e. The monoisotopic (exact) mass is 365 g/mol. The second-order valence-corrected chi connectivity index (χ2v) is 6.36. The molecule has 0 aliphatic rings. The molecule has 0 saturated heterocycles. The van der Waals surface area contributed by atoms with E-state index in [0.717, 1.165) is 24.2 Å². The highest BCUT2D eigenvalue weighted by atomic mass is 16.5. The number of carbonyl (C=O) groups excluding carboxylic acids is 1. The number of hydrogen-bond acceptors (Lipinski definition) is 6. The van der Waals surface area contributed by atoms with Crippen LogP contribution in [0.25, 0.3) is 11.1 Å². The van der Waals surface area contributed by atoms with Gasteiger partial charge in [0, 0.05) is 24.5 Å². The second-order valence-electron chi connectivity index (χ2n) is 6.36. The van der Waals surface area contributed by atoms with Crippen LogP contribution in [0.5, 0.6) is 0 Å². The minimum absolute atomic E-state index is 0.411. The average Bonchev–Trinajstić information content (AvgIpc) is 3.09. The van der Waals surface area contributed by atoms with Gasteiger partial charge in [-0.1, -0.05) is 30.3 Å². The highest BCUT2D eigenvalue weighted by molar-refractivity contribution is 5.96. The molecule has 0 fully saturated rings. The van der Waals surface area contributed by atoms with Gasteiger partial charge in [-0.2, -0.15) is 5.10 Å². The number of likely N-dealkylation sites (N-methyl/N-ethyl adjacent to an activating group) is 1. The van der Waals surface area contributed by atoms with Crippen LogP contribution in [0.3, 0.4) is 0 Å². The summed E-state index contributed by atoms with van der Waals surface area (Å²) in [6.45, 7) is 1.63. The first-order chi connectivity index (χ1) is 13.1. The number of hydrogen-bond donors (Lipinski definition) is 1. The van der Waals surface area contributed by atoms with Crippen molar-refractivity contribution >= 4 is 17.5 Å². The van der Waals surface area contributed by atoms with Crippen LogP contribution in [0.15, 0.2) is 55.0 Å². The average molecular weight is 365 g/mol. The molecule has 7 heteroatoms. The molecule has 1 N–H and O–H groups in total. The zero-order chi connectivity index (χ0) is 19.2. The van der Waals surface area contributed by atoms with Gasteiger partial charge < -0.3 is 15.0 Å². The second kappa shape index (κ2) is 8.46. The van der Waals surface area contributed by atoms with Gasteiger partial charge >= 0.3 is 5.97 Å². The van der Waals surface area contributed by atoms with Crippen LogP contribution < -0.4 is 5.32 Å². The first kappa shape index (κ1) is 18.6. The summed E-state index contributed by atoms with van der Waals surface area (Å²) in [4.78, 5) is 18.3. The number of pyridine rings is 1. The van der Waals surface area contributed by atoms with Gasteiger partial charge in [0.2, 0.25) is 0 Å². The van der Waals surface area contributed by atoms with Crippen molar-refractivity contribution in [2.75, 3.05) is 33.1 Å². The van der Waals surface area contributed by atoms with Gasteiger partial charge in [0.1, 0.15) is 0 Å². The Kier molecular flexibility index (Phi) is 5.83. The molecule has 0 aliphatic heterocycles. The minimum atomic E-state index is -0.423. The van der Waals surface area contributed by atoms with Crippen LogP contribution in [0, 0.1) is 0 Å². The SMILES string of the molecule is COC(=O)c1ccncc1Nc1nn(CCN(C)C)cc1-c1ccccc1. The number of anilines is 2. The maximum atomic E-state index is 12.0. The number of methoxy groups -OCH3 is 1. The summed E-state index contributed by atoms with van der Waals surface area (Å²) in [7, 11) is 5.41. The molecular weight excluding hydrogens is 342 g/mol. The predicted molar refractivity (Wildman–Crippen MR) is 105 cm³/mol. The molecule has 7 nitrogen and oxygen atoms in total. The lowest BCUT2D eigenvalue weighted by Crippen LogP contribution is -2.18. The van der Waals surface area contributed by atoms with Crippen LogP contribution in [-0.4, -0.2) is 53.4 Å². The lowest BCUT2D eigenvalue weighted by molar-refractivity contribution is 0.0602. The third-order valence-electron chi connectivity index (χ3n) is 4.10. The molecule has 2 aromatic heterocycles. The summed E-state index contributed by atoms with van der Waals surface area (Å²) < 4.78 is 6.76. The van der Waals surface area contributed by atoms with Crippen molar-refractivity contribution in [2.24, 2.45) is 0 Å². The topological polar surface area (TPSA) is 72.3 Å². The Morgan fingerprint density at radius 2 is 2.00 bits per heavy atom. The Bertz CT molecular complexity index is 906. The third-order valence-corrected chi connectivity index (χ3v) is 4.10. The smallest absolute Gasteiger partial charge is 0.340 e. The molecule has 140 valence electrons. The van der Waals surface area contributed by atoms with Gasteiger partial charge in [-0.05, 0) is 25.7 Å². The van der Waals surface area contributed by atoms with Crippen LogP contribution in [0.4, 0.5) is 11.5 Å². The lowest BCUT2D eigenvalue weighted by atomic mass is 10.1. The molecule has 0 bridgehead atoms. The molecule has 2 heterocycles. The van der Waals surface area contributed by atoms with E-state index < -0.39 is 5.97 Å². The van der Waals surface area contributed by atoms with E-state index in [1.165, 1.54) is 7.11 Å². The van der Waals surface area contributed by atoms with Crippen molar-refractivity contribution in [1.82, 2.24) is 19.7 Å². The van der Waals surface area contributed by atoms with Crippen LogP contribution in [-0.2, 0) is 11.3 Å². The number of nitrogens with zero attached hydrogens (tertiary/aromatic N) is 4. The van der Waals surface area contributed by atoms with Crippen LogP contribution in [0.2, 0.25) is 0 Å². The Morgan fingerprint density at radius 1 is 1.22 bits per heavy atom. The van der Waals surface area contributed by atoms with Crippen LogP contribution >= 0.6 is 0 Å². The van der Waals surface area contributed by atoms with Crippen molar-refractivity contribution in [3.05, 3.63) is 60.6 Å². The number of aromatic nitrogens is 3. The van der Waals surface area contributed by atoms with Gasteiger partial charge in [0.15, 0.2) is 5.82 Å². The summed E-state index contributed by atoms with van der Waals surface area (Å²) in [5.41, 5.74) is 2.96. The molecule has 1 aromatic carbocycles. The minimum Gasteiger partial charge on any atom is -0.465 e. The Balaban J connectivity index is 1.98. The molecule has 0 saturated carbocycles. The molecule has 0 atom stereocenters. The summed E-state index contributed by atoms with van der Waals surface area (Å²) in [6.07, 6.45) is 5.17. The van der Waals surface area contributed by atoms with E-state index in [9.17, 15) is 4.79 Å². The molecule has 0 spiro atoms. The number of rotatable bonds is 7. The first-order valence-corrected chi connectivity index (χ1v) is 8.65. The van der Waals surface area contributed by atoms with Gasteiger partial charge in [-0.3, -0.25) is 9.67 Å². The normalized spacial score (nSPS) is 10.8. The molecule has 27 heavy (non-hydrogen) atoms. The van der Waals surface area contributed by atoms with E-state index in [-0.39, 0.29) is 0 Å². The van der Waals surface area contributed by atoms with Crippen LogP contribution in [0.1, 0.15) is 10.4 Å². The van der Waals surface area contributed by atoms with Gasteiger partial charge in [0.25, 0.3) is 0 Å². The van der Waals surface area contributed by atoms with Crippen molar-refractivity contribution < 1.29 is 9.53 Å². The van der Waals surface area contributed by atoms with E-state index in [2.05, 4.69) is 20.3 Å². The predicted octanol–water partition coefficient (Wildman–Crippen LogP) is 3.04. The number of esters is 1. The van der Waals surface area contributed by atoms with Gasteiger partial charge in [0.05, 0.1) is 31.1 Å². The molecule has 0 radical (unpaired) electrons. The fourth-order valence-electron chi connectivity index (χ4n) is 2.67. The highest BCUT2D eigenvalue weighted by Gasteiger charge is 2.16. The van der Waals surface area contributed by atoms with Gasteiger partial charge in [-0.25, -0.2) is 4.79 Å². The Hall–Kier alpha value is -3.19. The van der Waals surface area contributed by atoms with Crippen molar-refractivity contribution in [3.8, 4) is 11.1 Å². The van der Waals surface area contributed by atoms with Crippen molar-refractivity contribution in [2.45, 2.75) is 6.54 Å².